The highest BCUT2D eigenvalue weighted by Crippen LogP contribution is 2.22. The molecule has 1 unspecified atom stereocenters. The van der Waals surface area contributed by atoms with E-state index >= 15 is 0 Å². The first-order chi connectivity index (χ1) is 13.7. The van der Waals surface area contributed by atoms with Gasteiger partial charge < -0.3 is 15.0 Å². The number of amides is 2. The fraction of sp³-hybridized carbons (Fsp3) is 0.478. The zero-order chi connectivity index (χ0) is 19.8. The summed E-state index contributed by atoms with van der Waals surface area (Å²) < 4.78 is 5.29. The summed E-state index contributed by atoms with van der Waals surface area (Å²) in [5, 5.41) is 5.26. The van der Waals surface area contributed by atoms with Gasteiger partial charge in [-0.15, -0.1) is 0 Å². The average Bonchev–Trinajstić information content (AvgIpc) is 2.74. The van der Waals surface area contributed by atoms with Gasteiger partial charge in [-0.1, -0.05) is 42.5 Å². The number of fused-ring (bicyclic) bond motifs is 1. The molecule has 1 atom stereocenters. The molecule has 2 aromatic rings. The normalized spacial score (nSPS) is 16.9. The van der Waals surface area contributed by atoms with Crippen molar-refractivity contribution < 1.29 is 14.3 Å². The summed E-state index contributed by atoms with van der Waals surface area (Å²) in [6.07, 6.45) is 2.91. The molecule has 1 aliphatic rings. The van der Waals surface area contributed by atoms with Crippen molar-refractivity contribution in [3.63, 3.8) is 0 Å². The van der Waals surface area contributed by atoms with E-state index in [2.05, 4.69) is 23.5 Å². The molecule has 1 saturated heterocycles. The van der Waals surface area contributed by atoms with E-state index in [-0.39, 0.29) is 17.7 Å². The molecule has 0 radical (unpaired) electrons. The quantitative estimate of drug-likeness (QED) is 0.714. The van der Waals surface area contributed by atoms with Crippen molar-refractivity contribution in [2.24, 2.45) is 5.92 Å². The van der Waals surface area contributed by atoms with E-state index in [1.54, 1.807) is 0 Å². The number of hydrogen-bond acceptors (Lipinski definition) is 3. The molecule has 2 aromatic carbocycles. The number of carbonyl (C=O) groups excluding carboxylic acids is 2. The van der Waals surface area contributed by atoms with E-state index in [0.717, 1.165) is 42.1 Å². The molecule has 1 N–H and O–H groups in total. The number of piperidine rings is 1. The molecular weight excluding hydrogens is 352 g/mol. The van der Waals surface area contributed by atoms with Gasteiger partial charge in [0.15, 0.2) is 0 Å². The van der Waals surface area contributed by atoms with Crippen LogP contribution in [-0.4, -0.2) is 49.6 Å². The van der Waals surface area contributed by atoms with Gasteiger partial charge in [0, 0.05) is 32.8 Å². The fourth-order valence-electron chi connectivity index (χ4n) is 3.81. The molecule has 0 aromatic heterocycles. The van der Waals surface area contributed by atoms with Crippen LogP contribution in [0.2, 0.25) is 0 Å². The molecule has 1 fully saturated rings. The Hall–Kier alpha value is -2.40. The second kappa shape index (κ2) is 10.2. The largest absolute Gasteiger partial charge is 0.382 e. The van der Waals surface area contributed by atoms with Crippen LogP contribution >= 0.6 is 0 Å². The van der Waals surface area contributed by atoms with Crippen molar-refractivity contribution in [1.82, 2.24) is 10.2 Å². The highest BCUT2D eigenvalue weighted by atomic mass is 16.5. The number of nitrogens with zero attached hydrogens (tertiary/aromatic N) is 1. The zero-order valence-corrected chi connectivity index (χ0v) is 16.7. The molecule has 2 amide bonds. The second-order valence-corrected chi connectivity index (χ2v) is 7.34. The highest BCUT2D eigenvalue weighted by Gasteiger charge is 2.28. The SMILES string of the molecule is CCOCCCNC(=O)C1CCCN(C(=O)Cc2cccc3ccccc23)C1. The van der Waals surface area contributed by atoms with E-state index in [0.29, 0.717) is 32.7 Å². The van der Waals surface area contributed by atoms with Gasteiger partial charge in [0.1, 0.15) is 0 Å². The van der Waals surface area contributed by atoms with E-state index in [4.69, 9.17) is 4.74 Å². The molecule has 3 rings (SSSR count). The number of nitrogens with one attached hydrogen (secondary N) is 1. The topological polar surface area (TPSA) is 58.6 Å². The Morgan fingerprint density at radius 2 is 2.00 bits per heavy atom. The van der Waals surface area contributed by atoms with Crippen molar-refractivity contribution >= 4 is 22.6 Å². The van der Waals surface area contributed by atoms with E-state index in [1.807, 2.05) is 36.1 Å². The van der Waals surface area contributed by atoms with Crippen LogP contribution in [0, 0.1) is 5.92 Å². The molecule has 0 saturated carbocycles. The summed E-state index contributed by atoms with van der Waals surface area (Å²) in [6, 6.07) is 14.2. The van der Waals surface area contributed by atoms with Gasteiger partial charge in [-0.05, 0) is 42.5 Å². The average molecular weight is 383 g/mol. The molecule has 28 heavy (non-hydrogen) atoms. The molecular formula is C23H30N2O3. The maximum absolute atomic E-state index is 12.9. The first-order valence-electron chi connectivity index (χ1n) is 10.3. The summed E-state index contributed by atoms with van der Waals surface area (Å²) in [5.41, 5.74) is 1.05. The molecule has 0 aliphatic carbocycles. The maximum atomic E-state index is 12.9. The monoisotopic (exact) mass is 382 g/mol. The third kappa shape index (κ3) is 5.32. The summed E-state index contributed by atoms with van der Waals surface area (Å²) in [5.74, 6) is 0.0432. The first kappa shape index (κ1) is 20.3. The number of ether oxygens (including phenoxy) is 1. The molecule has 0 spiro atoms. The maximum Gasteiger partial charge on any atom is 0.227 e. The van der Waals surface area contributed by atoms with E-state index < -0.39 is 0 Å². The Balaban J connectivity index is 1.54. The Kier molecular flexibility index (Phi) is 7.43. The van der Waals surface area contributed by atoms with Crippen LogP contribution in [0.3, 0.4) is 0 Å². The first-order valence-corrected chi connectivity index (χ1v) is 10.3. The van der Waals surface area contributed by atoms with E-state index in [1.165, 1.54) is 0 Å². The second-order valence-electron chi connectivity index (χ2n) is 7.34. The molecule has 0 bridgehead atoms. The molecule has 1 aliphatic heterocycles. The Morgan fingerprint density at radius 3 is 2.86 bits per heavy atom. The fourth-order valence-corrected chi connectivity index (χ4v) is 3.81. The van der Waals surface area contributed by atoms with Crippen molar-refractivity contribution in [3.8, 4) is 0 Å². The third-order valence-corrected chi connectivity index (χ3v) is 5.34. The minimum atomic E-state index is -0.114. The predicted octanol–water partition coefficient (Wildman–Crippen LogP) is 3.16. The van der Waals surface area contributed by atoms with E-state index in [9.17, 15) is 9.59 Å². The minimum Gasteiger partial charge on any atom is -0.382 e. The van der Waals surface area contributed by atoms with Crippen LogP contribution in [-0.2, 0) is 20.7 Å². The number of carbonyl (C=O) groups is 2. The Morgan fingerprint density at radius 1 is 1.18 bits per heavy atom. The molecule has 150 valence electrons. The lowest BCUT2D eigenvalue weighted by atomic mass is 9.96. The minimum absolute atomic E-state index is 0.0548. The number of likely N-dealkylation sites (tertiary alicyclic amines) is 1. The van der Waals surface area contributed by atoms with Gasteiger partial charge in [-0.3, -0.25) is 9.59 Å². The molecule has 5 heteroatoms. The summed E-state index contributed by atoms with van der Waals surface area (Å²) in [4.78, 5) is 27.2. The van der Waals surface area contributed by atoms with Gasteiger partial charge in [0.2, 0.25) is 11.8 Å². The lowest BCUT2D eigenvalue weighted by molar-refractivity contribution is -0.135. The van der Waals surface area contributed by atoms with Crippen LogP contribution in [0.25, 0.3) is 10.8 Å². The van der Waals surface area contributed by atoms with Crippen molar-refractivity contribution in [1.29, 1.82) is 0 Å². The zero-order valence-electron chi connectivity index (χ0n) is 16.7. The van der Waals surface area contributed by atoms with Gasteiger partial charge in [0.25, 0.3) is 0 Å². The predicted molar refractivity (Wildman–Crippen MR) is 111 cm³/mol. The number of benzene rings is 2. The van der Waals surface area contributed by atoms with Crippen molar-refractivity contribution in [2.75, 3.05) is 32.8 Å². The van der Waals surface area contributed by atoms with Crippen LogP contribution in [0.4, 0.5) is 0 Å². The van der Waals surface area contributed by atoms with Gasteiger partial charge in [-0.2, -0.15) is 0 Å². The van der Waals surface area contributed by atoms with Gasteiger partial charge in [-0.25, -0.2) is 0 Å². The standard InChI is InChI=1S/C23H30N2O3/c1-2-28-15-7-13-24-23(27)20-11-6-14-25(17-20)22(26)16-19-10-5-9-18-8-3-4-12-21(18)19/h3-5,8-10,12,20H,2,6-7,11,13-17H2,1H3,(H,24,27). The molecule has 1 heterocycles. The highest BCUT2D eigenvalue weighted by molar-refractivity contribution is 5.90. The Labute approximate surface area is 167 Å². The molecule has 5 nitrogen and oxygen atoms in total. The summed E-state index contributed by atoms with van der Waals surface area (Å²) >= 11 is 0. The van der Waals surface area contributed by atoms with Crippen LogP contribution in [0.15, 0.2) is 42.5 Å². The summed E-state index contributed by atoms with van der Waals surface area (Å²) in [7, 11) is 0. The Bertz CT molecular complexity index is 800. The van der Waals surface area contributed by atoms with Crippen LogP contribution in [0.1, 0.15) is 31.7 Å². The number of rotatable bonds is 8. The van der Waals surface area contributed by atoms with Crippen LogP contribution in [0.5, 0.6) is 0 Å². The van der Waals surface area contributed by atoms with Crippen LogP contribution < -0.4 is 5.32 Å². The lowest BCUT2D eigenvalue weighted by Gasteiger charge is -2.32. The number of hydrogen-bond donors (Lipinski definition) is 1. The van der Waals surface area contributed by atoms with Crippen molar-refractivity contribution in [2.45, 2.75) is 32.6 Å². The summed E-state index contributed by atoms with van der Waals surface area (Å²) in [6.45, 7) is 5.20. The smallest absolute Gasteiger partial charge is 0.227 e. The lowest BCUT2D eigenvalue weighted by Crippen LogP contribution is -2.46. The van der Waals surface area contributed by atoms with Crippen molar-refractivity contribution in [3.05, 3.63) is 48.0 Å². The van der Waals surface area contributed by atoms with Gasteiger partial charge >= 0.3 is 0 Å². The third-order valence-electron chi connectivity index (χ3n) is 5.34. The van der Waals surface area contributed by atoms with Gasteiger partial charge in [0.05, 0.1) is 12.3 Å².